The Labute approximate surface area is 112 Å². The van der Waals surface area contributed by atoms with E-state index in [0.717, 1.165) is 6.07 Å². The number of carbonyl (C=O) groups is 1. The van der Waals surface area contributed by atoms with E-state index in [-0.39, 0.29) is 29.4 Å². The number of hydrogen-bond donors (Lipinski definition) is 2. The number of carboxylic acids is 1. The summed E-state index contributed by atoms with van der Waals surface area (Å²) in [7, 11) is 0. The van der Waals surface area contributed by atoms with Crippen molar-refractivity contribution in [2.24, 2.45) is 0 Å². The number of hydrogen-bond acceptors (Lipinski definition) is 3. The monoisotopic (exact) mass is 284 g/mol. The molecule has 1 heterocycles. The maximum Gasteiger partial charge on any atom is 0.356 e. The van der Waals surface area contributed by atoms with Crippen LogP contribution in [0.25, 0.3) is 5.69 Å². The molecule has 0 aliphatic carbocycles. The molecule has 0 spiro atoms. The molecule has 0 amide bonds. The van der Waals surface area contributed by atoms with E-state index in [1.807, 2.05) is 0 Å². The minimum atomic E-state index is -1.21. The van der Waals surface area contributed by atoms with Gasteiger partial charge in [0.05, 0.1) is 10.7 Å². The van der Waals surface area contributed by atoms with Gasteiger partial charge in [0.1, 0.15) is 5.82 Å². The van der Waals surface area contributed by atoms with Crippen LogP contribution < -0.4 is 0 Å². The number of aromatic carboxylic acids is 1. The summed E-state index contributed by atoms with van der Waals surface area (Å²) >= 11 is 5.92. The Balaban J connectivity index is 2.53. The van der Waals surface area contributed by atoms with Crippen LogP contribution in [0.1, 0.15) is 16.1 Å². The molecule has 19 heavy (non-hydrogen) atoms. The predicted molar refractivity (Wildman–Crippen MR) is 66.3 cm³/mol. The van der Waals surface area contributed by atoms with Crippen LogP contribution in [0.3, 0.4) is 0 Å². The average Bonchev–Trinajstić information content (AvgIpc) is 2.77. The fraction of sp³-hybridized carbons (Fsp3) is 0.167. The summed E-state index contributed by atoms with van der Waals surface area (Å²) in [6.07, 6.45) is 1.56. The highest BCUT2D eigenvalue weighted by Crippen LogP contribution is 2.22. The first-order valence-corrected chi connectivity index (χ1v) is 5.79. The van der Waals surface area contributed by atoms with Crippen molar-refractivity contribution < 1.29 is 19.4 Å². The third kappa shape index (κ3) is 2.74. The zero-order valence-corrected chi connectivity index (χ0v) is 10.4. The predicted octanol–water partition coefficient (Wildman–Crippen LogP) is 1.90. The lowest BCUT2D eigenvalue weighted by atomic mass is 10.2. The van der Waals surface area contributed by atoms with E-state index in [2.05, 4.69) is 5.10 Å². The maximum atomic E-state index is 13.2. The smallest absolute Gasteiger partial charge is 0.356 e. The topological polar surface area (TPSA) is 75.3 Å². The molecule has 0 aliphatic heterocycles. The van der Waals surface area contributed by atoms with Gasteiger partial charge >= 0.3 is 5.97 Å². The summed E-state index contributed by atoms with van der Waals surface area (Å²) in [6.45, 7) is -0.205. The number of aromatic nitrogens is 2. The van der Waals surface area contributed by atoms with E-state index in [1.54, 1.807) is 0 Å². The van der Waals surface area contributed by atoms with E-state index < -0.39 is 11.8 Å². The molecule has 0 unspecified atom stereocenters. The van der Waals surface area contributed by atoms with E-state index in [0.29, 0.717) is 5.56 Å². The van der Waals surface area contributed by atoms with Gasteiger partial charge in [0, 0.05) is 24.4 Å². The van der Waals surface area contributed by atoms with Crippen LogP contribution >= 0.6 is 11.6 Å². The van der Waals surface area contributed by atoms with Gasteiger partial charge in [-0.15, -0.1) is 0 Å². The Hall–Kier alpha value is -1.92. The summed E-state index contributed by atoms with van der Waals surface area (Å²) in [6, 6.07) is 3.71. The van der Waals surface area contributed by atoms with E-state index in [4.69, 9.17) is 21.8 Å². The molecule has 0 atom stereocenters. The van der Waals surface area contributed by atoms with Crippen molar-refractivity contribution in [2.75, 3.05) is 6.61 Å². The highest BCUT2D eigenvalue weighted by atomic mass is 35.5. The van der Waals surface area contributed by atoms with Gasteiger partial charge < -0.3 is 10.2 Å². The summed E-state index contributed by atoms with van der Waals surface area (Å²) in [5.74, 6) is -1.72. The average molecular weight is 285 g/mol. The molecule has 0 saturated carbocycles. The van der Waals surface area contributed by atoms with Crippen molar-refractivity contribution in [3.05, 3.63) is 46.5 Å². The van der Waals surface area contributed by atoms with Crippen molar-refractivity contribution in [3.8, 4) is 5.69 Å². The third-order valence-corrected chi connectivity index (χ3v) is 2.85. The molecule has 0 saturated heterocycles. The van der Waals surface area contributed by atoms with Crippen LogP contribution in [0.2, 0.25) is 5.02 Å². The van der Waals surface area contributed by atoms with E-state index in [9.17, 15) is 9.18 Å². The summed E-state index contributed by atoms with van der Waals surface area (Å²) in [5.41, 5.74) is 0.415. The molecule has 5 nitrogen and oxygen atoms in total. The van der Waals surface area contributed by atoms with Crippen molar-refractivity contribution in [3.63, 3.8) is 0 Å². The first kappa shape index (κ1) is 13.5. The first-order valence-electron chi connectivity index (χ1n) is 5.41. The fourth-order valence-corrected chi connectivity index (χ4v) is 1.88. The van der Waals surface area contributed by atoms with Gasteiger partial charge in [-0.2, -0.15) is 5.10 Å². The highest BCUT2D eigenvalue weighted by Gasteiger charge is 2.17. The minimum absolute atomic E-state index is 0.147. The first-order chi connectivity index (χ1) is 9.02. The van der Waals surface area contributed by atoms with Gasteiger partial charge in [-0.3, -0.25) is 0 Å². The van der Waals surface area contributed by atoms with Crippen LogP contribution in [-0.4, -0.2) is 32.6 Å². The molecule has 0 bridgehead atoms. The second-order valence-electron chi connectivity index (χ2n) is 3.82. The molecule has 2 N–H and O–H groups in total. The lowest BCUT2D eigenvalue weighted by molar-refractivity contribution is 0.0688. The number of carboxylic acid groups (broad SMARTS) is 1. The second kappa shape index (κ2) is 5.38. The summed E-state index contributed by atoms with van der Waals surface area (Å²) in [5, 5.41) is 22.0. The van der Waals surface area contributed by atoms with Crippen molar-refractivity contribution in [1.82, 2.24) is 9.78 Å². The van der Waals surface area contributed by atoms with E-state index in [1.165, 1.54) is 23.0 Å². The van der Waals surface area contributed by atoms with Crippen LogP contribution in [0.15, 0.2) is 24.4 Å². The molecule has 0 radical (unpaired) electrons. The van der Waals surface area contributed by atoms with Gasteiger partial charge in [0.25, 0.3) is 0 Å². The zero-order chi connectivity index (χ0) is 14.0. The minimum Gasteiger partial charge on any atom is -0.476 e. The van der Waals surface area contributed by atoms with Crippen molar-refractivity contribution in [1.29, 1.82) is 0 Å². The maximum absolute atomic E-state index is 13.2. The summed E-state index contributed by atoms with van der Waals surface area (Å²) in [4.78, 5) is 11.0. The van der Waals surface area contributed by atoms with Gasteiger partial charge in [-0.1, -0.05) is 11.6 Å². The Bertz CT molecular complexity index is 627. The van der Waals surface area contributed by atoms with Gasteiger partial charge in [0.2, 0.25) is 0 Å². The van der Waals surface area contributed by atoms with Crippen LogP contribution in [-0.2, 0) is 6.42 Å². The van der Waals surface area contributed by atoms with Gasteiger partial charge in [0.15, 0.2) is 5.69 Å². The molecular weight excluding hydrogens is 275 g/mol. The largest absolute Gasteiger partial charge is 0.476 e. The lowest BCUT2D eigenvalue weighted by Gasteiger charge is -2.03. The van der Waals surface area contributed by atoms with Gasteiger partial charge in [-0.05, 0) is 18.6 Å². The molecule has 1 aromatic carbocycles. The van der Waals surface area contributed by atoms with Crippen LogP contribution in [0, 0.1) is 5.82 Å². The lowest BCUT2D eigenvalue weighted by Crippen LogP contribution is -2.04. The Morgan fingerprint density at radius 2 is 2.21 bits per heavy atom. The molecule has 1 aromatic heterocycles. The van der Waals surface area contributed by atoms with E-state index >= 15 is 0 Å². The third-order valence-electron chi connectivity index (χ3n) is 2.53. The normalized spacial score (nSPS) is 10.7. The Kier molecular flexibility index (Phi) is 3.82. The van der Waals surface area contributed by atoms with Crippen LogP contribution in [0.5, 0.6) is 0 Å². The second-order valence-corrected chi connectivity index (χ2v) is 4.23. The number of benzene rings is 1. The number of aliphatic hydroxyl groups excluding tert-OH is 1. The molecular formula is C12H10ClFN2O3. The number of nitrogens with zero attached hydrogens (tertiary/aromatic N) is 2. The quantitative estimate of drug-likeness (QED) is 0.899. The van der Waals surface area contributed by atoms with Crippen molar-refractivity contribution in [2.45, 2.75) is 6.42 Å². The molecule has 100 valence electrons. The fourth-order valence-electron chi connectivity index (χ4n) is 1.68. The molecule has 0 fully saturated rings. The van der Waals surface area contributed by atoms with Crippen molar-refractivity contribution >= 4 is 17.6 Å². The molecule has 2 rings (SSSR count). The molecule has 0 aliphatic rings. The molecule has 2 aromatic rings. The number of aliphatic hydroxyl groups is 1. The van der Waals surface area contributed by atoms with Crippen LogP contribution in [0.4, 0.5) is 4.39 Å². The van der Waals surface area contributed by atoms with Gasteiger partial charge in [-0.25, -0.2) is 13.9 Å². The summed E-state index contributed by atoms with van der Waals surface area (Å²) < 4.78 is 14.4. The number of rotatable bonds is 4. The highest BCUT2D eigenvalue weighted by molar-refractivity contribution is 6.32. The standard InChI is InChI=1S/C12H10ClFN2O3/c13-9-2-1-8(14)5-10(9)16-6-7(3-4-17)11(15-16)12(18)19/h1-2,5-6,17H,3-4H2,(H,18,19). The Morgan fingerprint density at radius 3 is 2.84 bits per heavy atom. The SMILES string of the molecule is O=C(O)c1nn(-c2cc(F)ccc2Cl)cc1CCO. The number of halogens is 2. The Morgan fingerprint density at radius 1 is 1.47 bits per heavy atom. The zero-order valence-electron chi connectivity index (χ0n) is 9.68. The molecule has 7 heteroatoms.